The average molecular weight is 303 g/mol. The van der Waals surface area contributed by atoms with Crippen molar-refractivity contribution in [1.82, 2.24) is 9.97 Å². The fraction of sp³-hybridized carbons (Fsp3) is 0.667. The predicted molar refractivity (Wildman–Crippen MR) is 77.4 cm³/mol. The summed E-state index contributed by atoms with van der Waals surface area (Å²) in [6, 6.07) is 0.0780. The second-order valence-corrected chi connectivity index (χ2v) is 4.79. The van der Waals surface area contributed by atoms with Gasteiger partial charge in [0.15, 0.2) is 0 Å². The Morgan fingerprint density at radius 2 is 2.15 bits per heavy atom. The number of methoxy groups -OCH3 is 1. The van der Waals surface area contributed by atoms with Gasteiger partial charge >= 0.3 is 5.69 Å². The van der Waals surface area contributed by atoms with Crippen LogP contribution in [-0.4, -0.2) is 41.2 Å². The molecule has 0 saturated carbocycles. The third-order valence-electron chi connectivity index (χ3n) is 3.13. The molecule has 0 amide bonds. The highest BCUT2D eigenvalue weighted by molar-refractivity contribution is 6.28. The van der Waals surface area contributed by atoms with E-state index in [0.717, 1.165) is 6.42 Å². The van der Waals surface area contributed by atoms with Crippen molar-refractivity contribution in [2.24, 2.45) is 0 Å². The van der Waals surface area contributed by atoms with Crippen molar-refractivity contribution in [3.05, 3.63) is 21.1 Å². The number of aryl methyl sites for hydroxylation is 1. The van der Waals surface area contributed by atoms with Gasteiger partial charge in [-0.2, -0.15) is 4.98 Å². The summed E-state index contributed by atoms with van der Waals surface area (Å²) in [5.41, 5.74) is 0.154. The van der Waals surface area contributed by atoms with Gasteiger partial charge in [0.1, 0.15) is 5.69 Å². The van der Waals surface area contributed by atoms with Crippen LogP contribution in [0.2, 0.25) is 5.28 Å². The summed E-state index contributed by atoms with van der Waals surface area (Å²) in [5.74, 6) is 0.249. The van der Waals surface area contributed by atoms with Gasteiger partial charge in [-0.1, -0.05) is 6.92 Å². The minimum Gasteiger partial charge on any atom is -0.383 e. The number of ether oxygens (including phenoxy) is 1. The van der Waals surface area contributed by atoms with Crippen molar-refractivity contribution in [1.29, 1.82) is 0 Å². The van der Waals surface area contributed by atoms with Crippen LogP contribution < -0.4 is 4.90 Å². The third kappa shape index (κ3) is 3.77. The van der Waals surface area contributed by atoms with E-state index >= 15 is 0 Å². The minimum absolute atomic E-state index is 0.00817. The molecule has 112 valence electrons. The molecule has 0 bridgehead atoms. The van der Waals surface area contributed by atoms with Gasteiger partial charge < -0.3 is 9.64 Å². The minimum atomic E-state index is -0.469. The number of rotatable bonds is 7. The van der Waals surface area contributed by atoms with E-state index < -0.39 is 4.92 Å². The standard InChI is InChI=1S/C12H19ClN4O3/c1-5-8(2)16(6-7-20-4)11-10(17(18)19)9(3)14-12(13)15-11/h8H,5-7H2,1-4H3. The molecule has 8 heteroatoms. The topological polar surface area (TPSA) is 81.4 Å². The normalized spacial score (nSPS) is 12.2. The van der Waals surface area contributed by atoms with Gasteiger partial charge in [-0.15, -0.1) is 0 Å². The highest BCUT2D eigenvalue weighted by atomic mass is 35.5. The first-order chi connectivity index (χ1) is 9.42. The Kier molecular flexibility index (Phi) is 6.09. The molecule has 1 unspecified atom stereocenters. The molecule has 0 aliphatic heterocycles. The lowest BCUT2D eigenvalue weighted by Crippen LogP contribution is -2.36. The van der Waals surface area contributed by atoms with Crippen LogP contribution in [0.25, 0.3) is 0 Å². The summed E-state index contributed by atoms with van der Waals surface area (Å²) >= 11 is 5.85. The molecule has 20 heavy (non-hydrogen) atoms. The lowest BCUT2D eigenvalue weighted by molar-refractivity contribution is -0.385. The maximum Gasteiger partial charge on any atom is 0.332 e. The monoisotopic (exact) mass is 302 g/mol. The molecule has 0 aliphatic rings. The molecule has 0 aromatic carbocycles. The van der Waals surface area contributed by atoms with Crippen molar-refractivity contribution in [3.63, 3.8) is 0 Å². The number of hydrogen-bond acceptors (Lipinski definition) is 6. The molecule has 0 radical (unpaired) electrons. The van der Waals surface area contributed by atoms with Crippen LogP contribution >= 0.6 is 11.6 Å². The van der Waals surface area contributed by atoms with Crippen molar-refractivity contribution >= 4 is 23.1 Å². The molecule has 1 atom stereocenters. The van der Waals surface area contributed by atoms with E-state index in [1.165, 1.54) is 0 Å². The fourth-order valence-corrected chi connectivity index (χ4v) is 2.08. The predicted octanol–water partition coefficient (Wildman–Crippen LogP) is 2.60. The highest BCUT2D eigenvalue weighted by Crippen LogP contribution is 2.31. The van der Waals surface area contributed by atoms with Gasteiger partial charge in [0.05, 0.1) is 11.5 Å². The Balaban J connectivity index is 3.33. The molecule has 0 aliphatic carbocycles. The zero-order chi connectivity index (χ0) is 15.3. The summed E-state index contributed by atoms with van der Waals surface area (Å²) in [4.78, 5) is 20.6. The molecular formula is C12H19ClN4O3. The van der Waals surface area contributed by atoms with E-state index in [1.807, 2.05) is 18.7 Å². The van der Waals surface area contributed by atoms with Gasteiger partial charge in [0.2, 0.25) is 11.1 Å². The third-order valence-corrected chi connectivity index (χ3v) is 3.30. The van der Waals surface area contributed by atoms with Crippen molar-refractivity contribution in [2.45, 2.75) is 33.2 Å². The van der Waals surface area contributed by atoms with E-state index in [-0.39, 0.29) is 28.5 Å². The number of nitrogens with zero attached hydrogens (tertiary/aromatic N) is 4. The van der Waals surface area contributed by atoms with E-state index in [0.29, 0.717) is 13.2 Å². The first-order valence-corrected chi connectivity index (χ1v) is 6.74. The maximum absolute atomic E-state index is 11.3. The second kappa shape index (κ2) is 7.35. The summed E-state index contributed by atoms with van der Waals surface area (Å²) in [5, 5.41) is 11.3. The maximum atomic E-state index is 11.3. The quantitative estimate of drug-likeness (QED) is 0.437. The second-order valence-electron chi connectivity index (χ2n) is 4.45. The van der Waals surface area contributed by atoms with Gasteiger partial charge in [-0.25, -0.2) is 4.98 Å². The molecule has 7 nitrogen and oxygen atoms in total. The van der Waals surface area contributed by atoms with Gasteiger partial charge in [0, 0.05) is 19.7 Å². The van der Waals surface area contributed by atoms with E-state index in [2.05, 4.69) is 9.97 Å². The first kappa shape index (κ1) is 16.6. The molecule has 0 saturated heterocycles. The van der Waals surface area contributed by atoms with Crippen LogP contribution in [0.3, 0.4) is 0 Å². The van der Waals surface area contributed by atoms with Crippen LogP contribution in [0.15, 0.2) is 0 Å². The zero-order valence-corrected chi connectivity index (χ0v) is 12.8. The smallest absolute Gasteiger partial charge is 0.332 e. The van der Waals surface area contributed by atoms with Gasteiger partial charge in [0.25, 0.3) is 0 Å². The van der Waals surface area contributed by atoms with Gasteiger partial charge in [-0.3, -0.25) is 10.1 Å². The van der Waals surface area contributed by atoms with Crippen LogP contribution in [-0.2, 0) is 4.74 Å². The number of aromatic nitrogens is 2. The number of hydrogen-bond donors (Lipinski definition) is 0. The summed E-state index contributed by atoms with van der Waals surface area (Å²) in [7, 11) is 1.58. The SMILES string of the molecule is CCC(C)N(CCOC)c1nc(Cl)nc(C)c1[N+](=O)[O-]. The molecule has 1 heterocycles. The first-order valence-electron chi connectivity index (χ1n) is 6.36. The number of anilines is 1. The fourth-order valence-electron chi connectivity index (χ4n) is 1.88. The van der Waals surface area contributed by atoms with Crippen molar-refractivity contribution in [2.75, 3.05) is 25.2 Å². The lowest BCUT2D eigenvalue weighted by Gasteiger charge is -2.29. The van der Waals surface area contributed by atoms with Crippen LogP contribution in [0.5, 0.6) is 0 Å². The Labute approximate surface area is 123 Å². The van der Waals surface area contributed by atoms with Crippen molar-refractivity contribution < 1.29 is 9.66 Å². The Morgan fingerprint density at radius 1 is 1.50 bits per heavy atom. The summed E-state index contributed by atoms with van der Waals surface area (Å²) in [6.07, 6.45) is 0.821. The van der Waals surface area contributed by atoms with Crippen molar-refractivity contribution in [3.8, 4) is 0 Å². The van der Waals surface area contributed by atoms with E-state index in [9.17, 15) is 10.1 Å². The molecule has 0 N–H and O–H groups in total. The van der Waals surface area contributed by atoms with Crippen LogP contribution in [0.4, 0.5) is 11.5 Å². The molecular weight excluding hydrogens is 284 g/mol. The largest absolute Gasteiger partial charge is 0.383 e. The molecule has 1 rings (SSSR count). The summed E-state index contributed by atoms with van der Waals surface area (Å²) in [6.45, 7) is 6.48. The number of halogens is 1. The Morgan fingerprint density at radius 3 is 2.65 bits per heavy atom. The molecule has 1 aromatic rings. The lowest BCUT2D eigenvalue weighted by atomic mass is 10.2. The van der Waals surface area contributed by atoms with E-state index in [4.69, 9.17) is 16.3 Å². The molecule has 1 aromatic heterocycles. The Bertz CT molecular complexity index is 484. The Hall–Kier alpha value is -1.47. The van der Waals surface area contributed by atoms with Gasteiger partial charge in [-0.05, 0) is 31.9 Å². The van der Waals surface area contributed by atoms with Crippen LogP contribution in [0, 0.1) is 17.0 Å². The molecule has 0 spiro atoms. The number of nitro groups is 1. The van der Waals surface area contributed by atoms with E-state index in [1.54, 1.807) is 14.0 Å². The van der Waals surface area contributed by atoms with Crippen LogP contribution in [0.1, 0.15) is 26.0 Å². The summed E-state index contributed by atoms with van der Waals surface area (Å²) < 4.78 is 5.06. The molecule has 0 fully saturated rings. The highest BCUT2D eigenvalue weighted by Gasteiger charge is 2.28. The average Bonchev–Trinajstić information content (AvgIpc) is 2.37. The zero-order valence-electron chi connectivity index (χ0n) is 12.1.